The van der Waals surface area contributed by atoms with E-state index in [9.17, 15) is 9.90 Å². The first-order chi connectivity index (χ1) is 11.1. The molecule has 1 aliphatic heterocycles. The number of rotatable bonds is 5. The minimum Gasteiger partial charge on any atom is -0.508 e. The van der Waals surface area contributed by atoms with Crippen molar-refractivity contribution < 1.29 is 19.4 Å². The monoisotopic (exact) mass is 316 g/mol. The molecular weight excluding hydrogens is 296 g/mol. The van der Waals surface area contributed by atoms with Crippen LogP contribution in [-0.4, -0.2) is 48.0 Å². The third-order valence-electron chi connectivity index (χ3n) is 3.78. The molecular formula is C17H20N2O4. The molecule has 1 aromatic carbocycles. The maximum Gasteiger partial charge on any atom is 0.253 e. The van der Waals surface area contributed by atoms with Crippen molar-refractivity contribution in [3.05, 3.63) is 36.0 Å². The van der Waals surface area contributed by atoms with Crippen molar-refractivity contribution in [2.75, 3.05) is 19.8 Å². The Balaban J connectivity index is 1.59. The van der Waals surface area contributed by atoms with Crippen LogP contribution in [0.1, 0.15) is 23.7 Å². The standard InChI is InChI=1S/C17H20N2O4/c1-11(9-23-15-4-5-22-10-15)19-17(21)13-6-12-2-3-14(20)7-16(12)18-8-13/h2-3,6-8,11,15,20H,4-5,9-10H2,1H3,(H,19,21). The Morgan fingerprint density at radius 2 is 2.39 bits per heavy atom. The number of nitrogens with one attached hydrogen (secondary N) is 1. The summed E-state index contributed by atoms with van der Waals surface area (Å²) in [5.74, 6) is -0.0323. The summed E-state index contributed by atoms with van der Waals surface area (Å²) in [7, 11) is 0. The minimum absolute atomic E-state index is 0.0985. The molecule has 2 N–H and O–H groups in total. The normalized spacial score (nSPS) is 18.9. The summed E-state index contributed by atoms with van der Waals surface area (Å²) in [6.07, 6.45) is 2.54. The quantitative estimate of drug-likeness (QED) is 0.880. The molecule has 1 aromatic heterocycles. The highest BCUT2D eigenvalue weighted by Gasteiger charge is 2.18. The van der Waals surface area contributed by atoms with Crippen molar-refractivity contribution in [2.24, 2.45) is 0 Å². The number of carbonyl (C=O) groups is 1. The Kier molecular flexibility index (Phi) is 4.73. The number of hydrogen-bond acceptors (Lipinski definition) is 5. The van der Waals surface area contributed by atoms with E-state index in [0.717, 1.165) is 18.4 Å². The second-order valence-corrected chi connectivity index (χ2v) is 5.79. The fraction of sp³-hybridized carbons (Fsp3) is 0.412. The summed E-state index contributed by atoms with van der Waals surface area (Å²) < 4.78 is 11.0. The van der Waals surface area contributed by atoms with Gasteiger partial charge in [0.25, 0.3) is 5.91 Å². The van der Waals surface area contributed by atoms with Gasteiger partial charge in [-0.3, -0.25) is 9.78 Å². The van der Waals surface area contributed by atoms with Crippen LogP contribution in [0.4, 0.5) is 0 Å². The zero-order valence-electron chi connectivity index (χ0n) is 13.0. The lowest BCUT2D eigenvalue weighted by atomic mass is 10.1. The fourth-order valence-electron chi connectivity index (χ4n) is 2.51. The molecule has 1 amide bonds. The van der Waals surface area contributed by atoms with Crippen molar-refractivity contribution in [2.45, 2.75) is 25.5 Å². The topological polar surface area (TPSA) is 80.7 Å². The van der Waals surface area contributed by atoms with Gasteiger partial charge in [0.1, 0.15) is 5.75 Å². The summed E-state index contributed by atoms with van der Waals surface area (Å²) in [5.41, 5.74) is 1.14. The highest BCUT2D eigenvalue weighted by atomic mass is 16.5. The molecule has 2 atom stereocenters. The number of pyridine rings is 1. The number of benzene rings is 1. The van der Waals surface area contributed by atoms with Crippen molar-refractivity contribution in [3.8, 4) is 5.75 Å². The summed E-state index contributed by atoms with van der Waals surface area (Å²) in [4.78, 5) is 16.5. The molecule has 0 radical (unpaired) electrons. The van der Waals surface area contributed by atoms with Crippen LogP contribution < -0.4 is 5.32 Å². The van der Waals surface area contributed by atoms with Gasteiger partial charge in [-0.25, -0.2) is 0 Å². The van der Waals surface area contributed by atoms with Gasteiger partial charge < -0.3 is 19.9 Å². The van der Waals surface area contributed by atoms with Crippen LogP contribution in [-0.2, 0) is 9.47 Å². The molecule has 1 saturated heterocycles. The third-order valence-corrected chi connectivity index (χ3v) is 3.78. The van der Waals surface area contributed by atoms with E-state index in [2.05, 4.69) is 10.3 Å². The van der Waals surface area contributed by atoms with E-state index in [1.807, 2.05) is 6.92 Å². The van der Waals surface area contributed by atoms with E-state index in [0.29, 0.717) is 24.3 Å². The van der Waals surface area contributed by atoms with Gasteiger partial charge in [0, 0.05) is 30.3 Å². The summed E-state index contributed by atoms with van der Waals surface area (Å²) in [5, 5.41) is 13.1. The average molecular weight is 316 g/mol. The second kappa shape index (κ2) is 6.93. The van der Waals surface area contributed by atoms with E-state index < -0.39 is 0 Å². The molecule has 23 heavy (non-hydrogen) atoms. The molecule has 1 aliphatic rings. The molecule has 0 aliphatic carbocycles. The zero-order chi connectivity index (χ0) is 16.2. The molecule has 2 aromatic rings. The van der Waals surface area contributed by atoms with Crippen molar-refractivity contribution in [1.29, 1.82) is 0 Å². The van der Waals surface area contributed by atoms with E-state index >= 15 is 0 Å². The summed E-state index contributed by atoms with van der Waals surface area (Å²) >= 11 is 0. The lowest BCUT2D eigenvalue weighted by Gasteiger charge is -2.17. The van der Waals surface area contributed by atoms with Crippen LogP contribution in [0.5, 0.6) is 5.75 Å². The van der Waals surface area contributed by atoms with E-state index in [1.165, 1.54) is 6.20 Å². The van der Waals surface area contributed by atoms with Crippen molar-refractivity contribution >= 4 is 16.8 Å². The number of hydrogen-bond donors (Lipinski definition) is 2. The zero-order valence-corrected chi connectivity index (χ0v) is 13.0. The Hall–Kier alpha value is -2.18. The van der Waals surface area contributed by atoms with E-state index in [4.69, 9.17) is 9.47 Å². The first-order valence-corrected chi connectivity index (χ1v) is 7.71. The number of ether oxygens (including phenoxy) is 2. The predicted molar refractivity (Wildman–Crippen MR) is 85.5 cm³/mol. The first-order valence-electron chi connectivity index (χ1n) is 7.71. The van der Waals surface area contributed by atoms with Crippen LogP contribution in [0.2, 0.25) is 0 Å². The van der Waals surface area contributed by atoms with E-state index in [-0.39, 0.29) is 23.8 Å². The van der Waals surface area contributed by atoms with Crippen LogP contribution in [0.25, 0.3) is 10.9 Å². The van der Waals surface area contributed by atoms with Crippen molar-refractivity contribution in [1.82, 2.24) is 10.3 Å². The van der Waals surface area contributed by atoms with Gasteiger partial charge in [0.05, 0.1) is 30.4 Å². The molecule has 0 saturated carbocycles. The maximum absolute atomic E-state index is 12.3. The van der Waals surface area contributed by atoms with Crippen LogP contribution in [0, 0.1) is 0 Å². The number of phenolic OH excluding ortho intramolecular Hbond substituents is 1. The Labute approximate surface area is 134 Å². The van der Waals surface area contributed by atoms with Gasteiger partial charge >= 0.3 is 0 Å². The molecule has 1 fully saturated rings. The molecule has 0 bridgehead atoms. The number of fused-ring (bicyclic) bond motifs is 1. The minimum atomic E-state index is -0.189. The molecule has 6 nitrogen and oxygen atoms in total. The average Bonchev–Trinajstić information content (AvgIpc) is 3.05. The van der Waals surface area contributed by atoms with Gasteiger partial charge in [-0.1, -0.05) is 0 Å². The number of carbonyl (C=O) groups excluding carboxylic acids is 1. The maximum atomic E-state index is 12.3. The number of aromatic hydroxyl groups is 1. The Morgan fingerprint density at radius 1 is 1.52 bits per heavy atom. The van der Waals surface area contributed by atoms with Gasteiger partial charge in [0.15, 0.2) is 0 Å². The van der Waals surface area contributed by atoms with Gasteiger partial charge in [-0.2, -0.15) is 0 Å². The largest absolute Gasteiger partial charge is 0.508 e. The Bertz CT molecular complexity index is 698. The van der Waals surface area contributed by atoms with Gasteiger partial charge in [-0.05, 0) is 31.5 Å². The molecule has 2 unspecified atom stereocenters. The molecule has 3 rings (SSSR count). The number of nitrogens with zero attached hydrogens (tertiary/aromatic N) is 1. The summed E-state index contributed by atoms with van der Waals surface area (Å²) in [6, 6.07) is 6.54. The summed E-state index contributed by atoms with van der Waals surface area (Å²) in [6.45, 7) is 3.72. The molecule has 122 valence electrons. The third kappa shape index (κ3) is 3.97. The van der Waals surface area contributed by atoms with Crippen LogP contribution >= 0.6 is 0 Å². The number of phenols is 1. The second-order valence-electron chi connectivity index (χ2n) is 5.79. The van der Waals surface area contributed by atoms with Gasteiger partial charge in [-0.15, -0.1) is 0 Å². The van der Waals surface area contributed by atoms with Crippen LogP contribution in [0.15, 0.2) is 30.5 Å². The lowest BCUT2D eigenvalue weighted by molar-refractivity contribution is 0.0318. The Morgan fingerprint density at radius 3 is 3.17 bits per heavy atom. The first kappa shape index (κ1) is 15.7. The smallest absolute Gasteiger partial charge is 0.253 e. The van der Waals surface area contributed by atoms with Crippen molar-refractivity contribution in [3.63, 3.8) is 0 Å². The predicted octanol–water partition coefficient (Wildman–Crippen LogP) is 1.86. The van der Waals surface area contributed by atoms with E-state index in [1.54, 1.807) is 24.3 Å². The van der Waals surface area contributed by atoms with Crippen LogP contribution in [0.3, 0.4) is 0 Å². The highest BCUT2D eigenvalue weighted by molar-refractivity contribution is 5.97. The molecule has 6 heteroatoms. The highest BCUT2D eigenvalue weighted by Crippen LogP contribution is 2.19. The fourth-order valence-corrected chi connectivity index (χ4v) is 2.51. The molecule has 0 spiro atoms. The number of amides is 1. The van der Waals surface area contributed by atoms with Gasteiger partial charge in [0.2, 0.25) is 0 Å². The SMILES string of the molecule is CC(COC1CCOC1)NC(=O)c1cnc2cc(O)ccc2c1. The molecule has 2 heterocycles. The number of aromatic nitrogens is 1. The lowest BCUT2D eigenvalue weighted by Crippen LogP contribution is -2.37.